The fraction of sp³-hybridized carbons (Fsp3) is 0.220. The van der Waals surface area contributed by atoms with Crippen LogP contribution in [0.25, 0.3) is 0 Å². The predicted molar refractivity (Wildman–Crippen MR) is 190 cm³/mol. The van der Waals surface area contributed by atoms with E-state index in [4.69, 9.17) is 9.47 Å². The number of methoxy groups -OCH3 is 1. The third kappa shape index (κ3) is 6.52. The second-order valence-corrected chi connectivity index (χ2v) is 12.6. The normalized spacial score (nSPS) is 20.4. The maximum atomic E-state index is 12.3. The van der Waals surface area contributed by atoms with Crippen LogP contribution >= 0.6 is 0 Å². The van der Waals surface area contributed by atoms with Crippen molar-refractivity contribution in [3.63, 3.8) is 0 Å². The number of carbonyl (C=O) groups is 2. The van der Waals surface area contributed by atoms with Crippen LogP contribution in [0.1, 0.15) is 29.6 Å². The molecule has 238 valence electrons. The quantitative estimate of drug-likeness (QED) is 0.190. The van der Waals surface area contributed by atoms with Crippen LogP contribution in [-0.4, -0.2) is 55.3 Å². The van der Waals surface area contributed by atoms with Gasteiger partial charge in [-0.25, -0.2) is 4.79 Å². The van der Waals surface area contributed by atoms with E-state index in [1.54, 1.807) is 24.3 Å². The van der Waals surface area contributed by atoms with E-state index in [1.165, 1.54) is 29.0 Å². The highest BCUT2D eigenvalue weighted by atomic mass is 16.6. The summed E-state index contributed by atoms with van der Waals surface area (Å²) in [4.78, 5) is 26.7. The van der Waals surface area contributed by atoms with E-state index in [9.17, 15) is 9.59 Å². The number of nitrogens with zero attached hydrogens (tertiary/aromatic N) is 1. The topological polar surface area (TPSA) is 55.8 Å². The summed E-state index contributed by atoms with van der Waals surface area (Å²) < 4.78 is 10.6. The Hall–Kier alpha value is -4.94. The van der Waals surface area contributed by atoms with Gasteiger partial charge in [0.2, 0.25) is 0 Å². The largest absolute Gasteiger partial charge is 0.469 e. The third-order valence-electron chi connectivity index (χ3n) is 10.2. The minimum atomic E-state index is -1.22. The number of rotatable bonds is 7. The van der Waals surface area contributed by atoms with Gasteiger partial charge in [0.05, 0.1) is 12.7 Å². The Labute approximate surface area is 278 Å². The smallest absolute Gasteiger partial charge is 0.338 e. The molecule has 2 unspecified atom stereocenters. The van der Waals surface area contributed by atoms with Crippen LogP contribution in [0.2, 0.25) is 0 Å². The van der Waals surface area contributed by atoms with Gasteiger partial charge in [-0.05, 0) is 32.0 Å². The maximum absolute atomic E-state index is 12.3. The molecule has 2 bridgehead atoms. The summed E-state index contributed by atoms with van der Waals surface area (Å²) in [6.45, 7) is 0. The van der Waals surface area contributed by atoms with Gasteiger partial charge >= 0.3 is 11.9 Å². The summed E-state index contributed by atoms with van der Waals surface area (Å²) in [5, 5.41) is 0. The molecule has 5 aromatic rings. The SMILES string of the molecule is COC(=O)C1C(OC(=O)c2ccccc2)C[C@H]2CC[C@H]1N2C.c1ccc([B-](c2ccccc2)(c2ccccc2)c2ccccc2)cc1. The van der Waals surface area contributed by atoms with Gasteiger partial charge in [0.15, 0.2) is 0 Å². The summed E-state index contributed by atoms with van der Waals surface area (Å²) in [5.41, 5.74) is 5.87. The molecule has 0 aromatic heterocycles. The number of hydrogen-bond acceptors (Lipinski definition) is 5. The fourth-order valence-electron chi connectivity index (χ4n) is 7.89. The lowest BCUT2D eigenvalue weighted by Crippen LogP contribution is -2.74. The molecule has 47 heavy (non-hydrogen) atoms. The van der Waals surface area contributed by atoms with Crippen LogP contribution in [0.15, 0.2) is 152 Å². The average molecular weight is 623 g/mol. The Bertz CT molecular complexity index is 1570. The van der Waals surface area contributed by atoms with Crippen LogP contribution in [0.4, 0.5) is 0 Å². The minimum Gasteiger partial charge on any atom is -0.469 e. The van der Waals surface area contributed by atoms with E-state index in [1.807, 2.05) is 13.1 Å². The number of carbonyl (C=O) groups excluding carboxylic acids is 2. The molecule has 0 radical (unpaired) electrons. The molecule has 5 aromatic carbocycles. The Morgan fingerprint density at radius 3 is 1.43 bits per heavy atom. The van der Waals surface area contributed by atoms with Crippen molar-refractivity contribution in [3.05, 3.63) is 157 Å². The molecule has 2 aliphatic rings. The van der Waals surface area contributed by atoms with Crippen LogP contribution < -0.4 is 21.9 Å². The van der Waals surface area contributed by atoms with Crippen molar-refractivity contribution in [2.75, 3.05) is 14.2 Å². The molecule has 4 atom stereocenters. The molecule has 6 heteroatoms. The third-order valence-corrected chi connectivity index (χ3v) is 10.2. The number of piperidine rings is 1. The number of esters is 2. The van der Waals surface area contributed by atoms with Crippen molar-refractivity contribution in [2.45, 2.75) is 37.5 Å². The first-order valence-corrected chi connectivity index (χ1v) is 16.5. The summed E-state index contributed by atoms with van der Waals surface area (Å²) in [5.74, 6) is -1.06. The lowest BCUT2D eigenvalue weighted by Gasteiger charge is -2.44. The highest BCUT2D eigenvalue weighted by Crippen LogP contribution is 2.40. The van der Waals surface area contributed by atoms with E-state index < -0.39 is 18.2 Å². The molecular weight excluding hydrogens is 581 g/mol. The second kappa shape index (κ2) is 14.7. The molecule has 7 rings (SSSR count). The molecule has 0 spiro atoms. The second-order valence-electron chi connectivity index (χ2n) is 12.6. The summed E-state index contributed by atoms with van der Waals surface area (Å²) in [6, 6.07) is 52.9. The molecule has 2 heterocycles. The van der Waals surface area contributed by atoms with Crippen molar-refractivity contribution in [1.82, 2.24) is 4.90 Å². The van der Waals surface area contributed by atoms with E-state index in [-0.39, 0.29) is 18.0 Å². The lowest BCUT2D eigenvalue weighted by atomic mass is 9.13. The Morgan fingerprint density at radius 1 is 0.617 bits per heavy atom. The molecule has 0 N–H and O–H groups in total. The highest BCUT2D eigenvalue weighted by Gasteiger charge is 2.51. The number of fused-ring (bicyclic) bond motifs is 2. The zero-order valence-electron chi connectivity index (χ0n) is 27.0. The van der Waals surface area contributed by atoms with Crippen molar-refractivity contribution in [3.8, 4) is 0 Å². The number of hydrogen-bond donors (Lipinski definition) is 0. The van der Waals surface area contributed by atoms with Gasteiger partial charge in [-0.3, -0.25) is 9.69 Å². The first-order valence-electron chi connectivity index (χ1n) is 16.5. The van der Waals surface area contributed by atoms with E-state index in [0.29, 0.717) is 18.0 Å². The maximum Gasteiger partial charge on any atom is 0.338 e. The van der Waals surface area contributed by atoms with E-state index >= 15 is 0 Å². The number of ether oxygens (including phenoxy) is 2. The zero-order valence-corrected chi connectivity index (χ0v) is 27.0. The molecular formula is C41H41BNO4-. The molecule has 0 amide bonds. The monoisotopic (exact) mass is 622 g/mol. The van der Waals surface area contributed by atoms with Crippen LogP contribution in [0.3, 0.4) is 0 Å². The highest BCUT2D eigenvalue weighted by molar-refractivity contribution is 7.19. The van der Waals surface area contributed by atoms with Crippen molar-refractivity contribution in [2.24, 2.45) is 5.92 Å². The van der Waals surface area contributed by atoms with Gasteiger partial charge in [-0.2, -0.15) is 21.9 Å². The van der Waals surface area contributed by atoms with Gasteiger partial charge in [0.1, 0.15) is 18.2 Å². The predicted octanol–water partition coefficient (Wildman–Crippen LogP) is 4.93. The molecule has 5 nitrogen and oxygen atoms in total. The van der Waals surface area contributed by atoms with Crippen molar-refractivity contribution >= 4 is 39.9 Å². The summed E-state index contributed by atoms with van der Waals surface area (Å²) >= 11 is 0. The Morgan fingerprint density at radius 2 is 1.02 bits per heavy atom. The lowest BCUT2D eigenvalue weighted by molar-refractivity contribution is -0.156. The van der Waals surface area contributed by atoms with Crippen LogP contribution in [-0.2, 0) is 14.3 Å². The van der Waals surface area contributed by atoms with Crippen LogP contribution in [0.5, 0.6) is 0 Å². The minimum absolute atomic E-state index is 0.0970. The first kappa shape index (κ1) is 32.0. The van der Waals surface area contributed by atoms with E-state index in [0.717, 1.165) is 12.8 Å². The van der Waals surface area contributed by atoms with Gasteiger partial charge in [-0.1, -0.05) is 140 Å². The van der Waals surface area contributed by atoms with Gasteiger partial charge < -0.3 is 9.47 Å². The van der Waals surface area contributed by atoms with Gasteiger partial charge in [0, 0.05) is 18.5 Å². The molecule has 2 fully saturated rings. The van der Waals surface area contributed by atoms with Crippen LogP contribution in [0, 0.1) is 5.92 Å². The molecule has 0 saturated carbocycles. The summed E-state index contributed by atoms with van der Waals surface area (Å²) in [6.07, 6.45) is 1.04. The zero-order chi connectivity index (χ0) is 32.6. The average Bonchev–Trinajstić information content (AvgIpc) is 3.37. The Kier molecular flexibility index (Phi) is 9.99. The Balaban J connectivity index is 0.000000166. The van der Waals surface area contributed by atoms with Crippen molar-refractivity contribution in [1.29, 1.82) is 0 Å². The van der Waals surface area contributed by atoms with Crippen molar-refractivity contribution < 1.29 is 19.1 Å². The molecule has 2 aliphatic heterocycles. The number of benzene rings is 5. The molecule has 0 aliphatic carbocycles. The fourth-order valence-corrected chi connectivity index (χ4v) is 7.89. The molecule has 2 saturated heterocycles. The van der Waals surface area contributed by atoms with E-state index in [2.05, 4.69) is 126 Å². The van der Waals surface area contributed by atoms with Gasteiger partial charge in [-0.15, -0.1) is 0 Å². The standard InChI is InChI=1S/C24H20B.C17H21NO4/c1-5-13-21(14-6-1)25(22-15-7-2-8-16-22,23-17-9-3-10-18-23)24-19-11-4-12-20-24;1-18-12-8-9-13(18)15(17(20)21-2)14(10-12)22-16(19)11-6-4-3-5-7-11/h1-20H;3-7,12-15H,8-10H2,1-2H3/q-1;/t;12-,13-,14?,15?/m.1/s1. The first-order chi connectivity index (χ1) is 23.0. The van der Waals surface area contributed by atoms with Gasteiger partial charge in [0.25, 0.3) is 0 Å². The summed E-state index contributed by atoms with van der Waals surface area (Å²) in [7, 11) is 3.42.